The summed E-state index contributed by atoms with van der Waals surface area (Å²) >= 11 is 0. The van der Waals surface area contributed by atoms with Crippen LogP contribution in [0.25, 0.3) is 0 Å². The summed E-state index contributed by atoms with van der Waals surface area (Å²) in [6.45, 7) is 3.94. The van der Waals surface area contributed by atoms with E-state index in [2.05, 4.69) is 0 Å². The van der Waals surface area contributed by atoms with Crippen LogP contribution in [0.1, 0.15) is 24.2 Å². The molecule has 0 spiro atoms. The van der Waals surface area contributed by atoms with Crippen LogP contribution in [0.5, 0.6) is 0 Å². The molecule has 4 nitrogen and oxygen atoms in total. The number of hydrogen-bond donors (Lipinski definition) is 0. The predicted molar refractivity (Wildman–Crippen MR) is 89.6 cm³/mol. The maximum Gasteiger partial charge on any atom is 0.243 e. The van der Waals surface area contributed by atoms with Crippen LogP contribution < -0.4 is 0 Å². The molecule has 0 saturated carbocycles. The number of hydrogen-bond acceptors (Lipinski definition) is 3. The second kappa shape index (κ2) is 6.63. The summed E-state index contributed by atoms with van der Waals surface area (Å²) in [6, 6.07) is 13.5. The molecule has 0 radical (unpaired) electrons. The third-order valence-electron chi connectivity index (χ3n) is 4.17. The molecule has 2 atom stereocenters. The number of rotatable bonds is 3. The van der Waals surface area contributed by atoms with Gasteiger partial charge in [0.1, 0.15) is 5.82 Å². The summed E-state index contributed by atoms with van der Waals surface area (Å²) in [7, 11) is -3.69. The molecule has 1 saturated heterocycles. The lowest BCUT2D eigenvalue weighted by molar-refractivity contribution is -0.0557. The molecule has 1 aliphatic rings. The van der Waals surface area contributed by atoms with E-state index in [9.17, 15) is 12.8 Å². The van der Waals surface area contributed by atoms with Gasteiger partial charge >= 0.3 is 0 Å². The first-order valence-electron chi connectivity index (χ1n) is 7.84. The smallest absolute Gasteiger partial charge is 0.243 e. The van der Waals surface area contributed by atoms with Crippen LogP contribution in [0.4, 0.5) is 4.39 Å². The molecule has 0 amide bonds. The van der Waals surface area contributed by atoms with Crippen molar-refractivity contribution in [3.8, 4) is 0 Å². The van der Waals surface area contributed by atoms with E-state index in [1.165, 1.54) is 22.5 Å². The fourth-order valence-corrected chi connectivity index (χ4v) is 4.49. The fourth-order valence-electron chi connectivity index (χ4n) is 2.89. The largest absolute Gasteiger partial charge is 0.368 e. The minimum absolute atomic E-state index is 0.113. The Hall–Kier alpha value is -1.76. The standard InChI is InChI=1S/C18H20FNO3S/c1-13-10-16(8-9-17(13)19)24(21,22)20-11-14(2)23-18(12-20)15-6-4-3-5-7-15/h3-10,14,18H,11-12H2,1-2H3. The molecular formula is C18H20FNO3S. The van der Waals surface area contributed by atoms with Crippen molar-refractivity contribution in [1.82, 2.24) is 4.31 Å². The van der Waals surface area contributed by atoms with Gasteiger partial charge in [0.05, 0.1) is 17.1 Å². The Bertz CT molecular complexity index is 823. The molecule has 0 aliphatic carbocycles. The van der Waals surface area contributed by atoms with Crippen LogP contribution in [0.2, 0.25) is 0 Å². The summed E-state index contributed by atoms with van der Waals surface area (Å²) in [6.07, 6.45) is -0.536. The lowest BCUT2D eigenvalue weighted by Gasteiger charge is -2.36. The van der Waals surface area contributed by atoms with Crippen LogP contribution in [0.15, 0.2) is 53.4 Å². The van der Waals surface area contributed by atoms with Crippen molar-refractivity contribution in [2.24, 2.45) is 0 Å². The zero-order valence-corrected chi connectivity index (χ0v) is 14.5. The number of ether oxygens (including phenoxy) is 1. The van der Waals surface area contributed by atoms with Crippen LogP contribution in [0, 0.1) is 12.7 Å². The quantitative estimate of drug-likeness (QED) is 0.854. The Kier molecular flexibility index (Phi) is 4.71. The number of aryl methyl sites for hydroxylation is 1. The number of morpholine rings is 1. The normalized spacial score (nSPS) is 22.5. The van der Waals surface area contributed by atoms with E-state index < -0.39 is 15.8 Å². The van der Waals surface area contributed by atoms with Crippen LogP contribution in [0.3, 0.4) is 0 Å². The third-order valence-corrected chi connectivity index (χ3v) is 5.99. The molecule has 2 unspecified atom stereocenters. The summed E-state index contributed by atoms with van der Waals surface area (Å²) < 4.78 is 46.6. The maximum atomic E-state index is 13.4. The Labute approximate surface area is 141 Å². The monoisotopic (exact) mass is 349 g/mol. The zero-order chi connectivity index (χ0) is 17.3. The van der Waals surface area contributed by atoms with Gasteiger partial charge in [-0.15, -0.1) is 0 Å². The van der Waals surface area contributed by atoms with Gasteiger partial charge in [-0.2, -0.15) is 4.31 Å². The first-order valence-corrected chi connectivity index (χ1v) is 9.28. The zero-order valence-electron chi connectivity index (χ0n) is 13.6. The molecule has 128 valence electrons. The van der Waals surface area contributed by atoms with E-state index in [4.69, 9.17) is 4.74 Å². The third kappa shape index (κ3) is 3.36. The highest BCUT2D eigenvalue weighted by molar-refractivity contribution is 7.89. The van der Waals surface area contributed by atoms with Crippen molar-refractivity contribution < 1.29 is 17.5 Å². The summed E-state index contributed by atoms with van der Waals surface area (Å²) in [5.41, 5.74) is 1.26. The SMILES string of the molecule is Cc1cc(S(=O)(=O)N2CC(C)OC(c3ccccc3)C2)ccc1F. The Morgan fingerprint density at radius 2 is 1.83 bits per heavy atom. The average Bonchev–Trinajstić information content (AvgIpc) is 2.57. The highest BCUT2D eigenvalue weighted by Crippen LogP contribution is 2.29. The molecule has 1 aliphatic heterocycles. The minimum Gasteiger partial charge on any atom is -0.368 e. The highest BCUT2D eigenvalue weighted by atomic mass is 32.2. The molecule has 3 rings (SSSR count). The van der Waals surface area contributed by atoms with Gasteiger partial charge in [-0.05, 0) is 43.2 Å². The van der Waals surface area contributed by atoms with E-state index in [-0.39, 0.29) is 30.2 Å². The van der Waals surface area contributed by atoms with Gasteiger partial charge in [0, 0.05) is 13.1 Å². The van der Waals surface area contributed by atoms with Crippen LogP contribution >= 0.6 is 0 Å². The molecule has 1 heterocycles. The Morgan fingerprint density at radius 1 is 1.12 bits per heavy atom. The summed E-state index contributed by atoms with van der Waals surface area (Å²) in [5.74, 6) is -0.411. The second-order valence-electron chi connectivity index (χ2n) is 6.08. The van der Waals surface area contributed by atoms with Gasteiger partial charge in [-0.25, -0.2) is 12.8 Å². The molecule has 24 heavy (non-hydrogen) atoms. The van der Waals surface area contributed by atoms with Crippen molar-refractivity contribution in [2.45, 2.75) is 31.0 Å². The Morgan fingerprint density at radius 3 is 2.50 bits per heavy atom. The molecule has 1 fully saturated rings. The highest BCUT2D eigenvalue weighted by Gasteiger charge is 2.34. The first kappa shape index (κ1) is 17.1. The van der Waals surface area contributed by atoms with Gasteiger partial charge < -0.3 is 4.74 Å². The van der Waals surface area contributed by atoms with Gasteiger partial charge in [0.2, 0.25) is 10.0 Å². The second-order valence-corrected chi connectivity index (χ2v) is 8.02. The maximum absolute atomic E-state index is 13.4. The molecule has 6 heteroatoms. The fraction of sp³-hybridized carbons (Fsp3) is 0.333. The van der Waals surface area contributed by atoms with E-state index in [0.717, 1.165) is 5.56 Å². The van der Waals surface area contributed by atoms with Crippen molar-refractivity contribution in [3.63, 3.8) is 0 Å². The van der Waals surface area contributed by atoms with Gasteiger partial charge in [-0.1, -0.05) is 30.3 Å². The minimum atomic E-state index is -3.69. The van der Waals surface area contributed by atoms with Crippen molar-refractivity contribution in [3.05, 3.63) is 65.5 Å². The van der Waals surface area contributed by atoms with Crippen LogP contribution in [-0.4, -0.2) is 31.9 Å². The molecular weight excluding hydrogens is 329 g/mol. The van der Waals surface area contributed by atoms with Crippen molar-refractivity contribution in [1.29, 1.82) is 0 Å². The van der Waals surface area contributed by atoms with Crippen LogP contribution in [-0.2, 0) is 14.8 Å². The summed E-state index contributed by atoms with van der Waals surface area (Å²) in [4.78, 5) is 0.113. The number of benzene rings is 2. The molecule has 0 bridgehead atoms. The van der Waals surface area contributed by atoms with Gasteiger partial charge in [0.25, 0.3) is 0 Å². The van der Waals surface area contributed by atoms with Crippen molar-refractivity contribution in [2.75, 3.05) is 13.1 Å². The van der Waals surface area contributed by atoms with Crippen molar-refractivity contribution >= 4 is 10.0 Å². The van der Waals surface area contributed by atoms with E-state index in [1.54, 1.807) is 6.92 Å². The van der Waals surface area contributed by atoms with E-state index >= 15 is 0 Å². The molecule has 0 aromatic heterocycles. The topological polar surface area (TPSA) is 46.6 Å². The van der Waals surface area contributed by atoms with E-state index in [0.29, 0.717) is 5.56 Å². The van der Waals surface area contributed by atoms with Gasteiger partial charge in [0.15, 0.2) is 0 Å². The lowest BCUT2D eigenvalue weighted by atomic mass is 10.1. The van der Waals surface area contributed by atoms with Gasteiger partial charge in [-0.3, -0.25) is 0 Å². The number of sulfonamides is 1. The molecule has 2 aromatic carbocycles. The molecule has 0 N–H and O–H groups in total. The number of halogens is 1. The van der Waals surface area contributed by atoms with E-state index in [1.807, 2.05) is 37.3 Å². The first-order chi connectivity index (χ1) is 11.4. The average molecular weight is 349 g/mol. The Balaban J connectivity index is 1.90. The molecule has 2 aromatic rings. The predicted octanol–water partition coefficient (Wildman–Crippen LogP) is 3.28. The lowest BCUT2D eigenvalue weighted by Crippen LogP contribution is -2.45. The number of nitrogens with zero attached hydrogens (tertiary/aromatic N) is 1. The summed E-state index contributed by atoms with van der Waals surface area (Å²) in [5, 5.41) is 0.